The Morgan fingerprint density at radius 1 is 0.267 bits per heavy atom. The Balaban J connectivity index is 0.957. The summed E-state index contributed by atoms with van der Waals surface area (Å²) >= 11 is 0. The van der Waals surface area contributed by atoms with E-state index in [1.807, 2.05) is 0 Å². The van der Waals surface area contributed by atoms with Crippen molar-refractivity contribution >= 4 is 27.8 Å². The van der Waals surface area contributed by atoms with Crippen molar-refractivity contribution in [2.45, 2.75) is 5.41 Å². The van der Waals surface area contributed by atoms with E-state index in [-0.39, 0.29) is 0 Å². The molecule has 0 aromatic heterocycles. The molecule has 0 radical (unpaired) electrons. The molecule has 0 saturated carbocycles. The number of hydrogen-bond donors (Lipinski definition) is 0. The first-order valence-corrected chi connectivity index (χ1v) is 20.8. The summed E-state index contributed by atoms with van der Waals surface area (Å²) in [6.07, 6.45) is 0. The maximum Gasteiger partial charge on any atom is 0.0713 e. The quantitative estimate of drug-likeness (QED) is 0.149. The second kappa shape index (κ2) is 14.9. The van der Waals surface area contributed by atoms with E-state index in [0.717, 1.165) is 17.1 Å². The Hall–Kier alpha value is -7.74. The van der Waals surface area contributed by atoms with Gasteiger partial charge < -0.3 is 4.90 Å². The topological polar surface area (TPSA) is 3.24 Å². The van der Waals surface area contributed by atoms with Gasteiger partial charge in [0.15, 0.2) is 0 Å². The van der Waals surface area contributed by atoms with Gasteiger partial charge in [-0.3, -0.25) is 0 Å². The average molecular weight is 764 g/mol. The van der Waals surface area contributed by atoms with Gasteiger partial charge in [-0.2, -0.15) is 0 Å². The maximum atomic E-state index is 2.34. The predicted octanol–water partition coefficient (Wildman–Crippen LogP) is 15.7. The lowest BCUT2D eigenvalue weighted by atomic mass is 9.67. The summed E-state index contributed by atoms with van der Waals surface area (Å²) in [5, 5.41) is 2.53. The smallest absolute Gasteiger partial charge is 0.0713 e. The monoisotopic (exact) mass is 763 g/mol. The van der Waals surface area contributed by atoms with Crippen LogP contribution in [0.1, 0.15) is 22.3 Å². The van der Waals surface area contributed by atoms with Gasteiger partial charge >= 0.3 is 0 Å². The molecule has 10 aromatic rings. The fourth-order valence-corrected chi connectivity index (χ4v) is 9.67. The van der Waals surface area contributed by atoms with Crippen molar-refractivity contribution in [3.63, 3.8) is 0 Å². The third kappa shape index (κ3) is 5.86. The molecule has 0 amide bonds. The standard InChI is InChI=1S/C59H41N/c1-4-18-47(19-5-1)59(48-20-6-2-7-21-48)56-28-13-12-25-55(56)58-54(27-15-29-57(58)59)46-36-40-51(41-37-46)60(49-22-8-3-9-23-49)50-38-34-43(35-39-50)42-30-32-45(33-31-42)53-26-14-17-44-16-10-11-24-52(44)53/h1-41H. The van der Waals surface area contributed by atoms with Crippen LogP contribution in [0.3, 0.4) is 0 Å². The normalized spacial score (nSPS) is 12.5. The van der Waals surface area contributed by atoms with E-state index in [1.54, 1.807) is 0 Å². The molecule has 60 heavy (non-hydrogen) atoms. The van der Waals surface area contributed by atoms with Gasteiger partial charge in [-0.15, -0.1) is 0 Å². The lowest BCUT2D eigenvalue weighted by molar-refractivity contribution is 0.768. The van der Waals surface area contributed by atoms with Crippen molar-refractivity contribution in [2.24, 2.45) is 0 Å². The molecular formula is C59H41N. The SMILES string of the molecule is c1ccc(N(c2ccc(-c3ccc(-c4cccc5ccccc45)cc3)cc2)c2ccc(-c3cccc4c3-c3ccccc3C4(c3ccccc3)c3ccccc3)cc2)cc1. The first-order valence-electron chi connectivity index (χ1n) is 20.8. The van der Waals surface area contributed by atoms with Crippen molar-refractivity contribution in [2.75, 3.05) is 4.90 Å². The molecule has 0 unspecified atom stereocenters. The van der Waals surface area contributed by atoms with Crippen LogP contribution in [0, 0.1) is 0 Å². The lowest BCUT2D eigenvalue weighted by Crippen LogP contribution is -2.28. The Labute approximate surface area is 352 Å². The molecule has 0 heterocycles. The van der Waals surface area contributed by atoms with Gasteiger partial charge in [0.2, 0.25) is 0 Å². The molecule has 10 aromatic carbocycles. The number of benzene rings is 10. The number of nitrogens with zero attached hydrogens (tertiary/aromatic N) is 1. The molecule has 0 bridgehead atoms. The van der Waals surface area contributed by atoms with E-state index in [4.69, 9.17) is 0 Å². The van der Waals surface area contributed by atoms with Crippen LogP contribution in [0.2, 0.25) is 0 Å². The minimum absolute atomic E-state index is 0.431. The summed E-state index contributed by atoms with van der Waals surface area (Å²) in [5.41, 5.74) is 18.0. The van der Waals surface area contributed by atoms with E-state index >= 15 is 0 Å². The number of hydrogen-bond acceptors (Lipinski definition) is 1. The molecule has 0 atom stereocenters. The molecule has 1 aliphatic carbocycles. The Bertz CT molecular complexity index is 3050. The summed E-state index contributed by atoms with van der Waals surface area (Å²) in [5.74, 6) is 0. The van der Waals surface area contributed by atoms with Crippen molar-refractivity contribution < 1.29 is 0 Å². The fourth-order valence-electron chi connectivity index (χ4n) is 9.67. The van der Waals surface area contributed by atoms with Crippen LogP contribution in [0.15, 0.2) is 249 Å². The highest BCUT2D eigenvalue weighted by Crippen LogP contribution is 2.58. The van der Waals surface area contributed by atoms with Crippen LogP contribution >= 0.6 is 0 Å². The van der Waals surface area contributed by atoms with Crippen LogP contribution in [0.25, 0.3) is 55.3 Å². The number of para-hydroxylation sites is 1. The zero-order valence-corrected chi connectivity index (χ0v) is 33.1. The Morgan fingerprint density at radius 2 is 0.683 bits per heavy atom. The molecular weight excluding hydrogens is 723 g/mol. The second-order valence-corrected chi connectivity index (χ2v) is 15.6. The fraction of sp³-hybridized carbons (Fsp3) is 0.0169. The van der Waals surface area contributed by atoms with Gasteiger partial charge in [0, 0.05) is 17.1 Å². The molecule has 1 aliphatic rings. The van der Waals surface area contributed by atoms with Crippen LogP contribution < -0.4 is 4.90 Å². The molecule has 282 valence electrons. The average Bonchev–Trinajstić information content (AvgIpc) is 3.64. The van der Waals surface area contributed by atoms with Crippen LogP contribution in [0.4, 0.5) is 17.1 Å². The van der Waals surface area contributed by atoms with Gasteiger partial charge in [-0.25, -0.2) is 0 Å². The molecule has 1 nitrogen and oxygen atoms in total. The van der Waals surface area contributed by atoms with Gasteiger partial charge in [0.25, 0.3) is 0 Å². The van der Waals surface area contributed by atoms with Crippen molar-refractivity contribution in [1.29, 1.82) is 0 Å². The minimum Gasteiger partial charge on any atom is -0.311 e. The largest absolute Gasteiger partial charge is 0.311 e. The van der Waals surface area contributed by atoms with Crippen molar-refractivity contribution in [3.8, 4) is 44.5 Å². The van der Waals surface area contributed by atoms with Gasteiger partial charge in [-0.05, 0) is 114 Å². The van der Waals surface area contributed by atoms with E-state index in [0.29, 0.717) is 0 Å². The molecule has 11 rings (SSSR count). The van der Waals surface area contributed by atoms with Crippen LogP contribution in [-0.2, 0) is 5.41 Å². The molecule has 0 N–H and O–H groups in total. The summed E-state index contributed by atoms with van der Waals surface area (Å²) in [6, 6.07) is 90.7. The summed E-state index contributed by atoms with van der Waals surface area (Å²) in [7, 11) is 0. The number of fused-ring (bicyclic) bond motifs is 4. The highest BCUT2D eigenvalue weighted by Gasteiger charge is 2.46. The number of rotatable bonds is 8. The molecule has 0 aliphatic heterocycles. The first-order chi connectivity index (χ1) is 29.8. The highest BCUT2D eigenvalue weighted by atomic mass is 15.1. The molecule has 0 fully saturated rings. The molecule has 0 saturated heterocycles. The highest BCUT2D eigenvalue weighted by molar-refractivity contribution is 5.98. The summed E-state index contributed by atoms with van der Waals surface area (Å²) in [4.78, 5) is 2.34. The number of anilines is 3. The van der Waals surface area contributed by atoms with E-state index in [1.165, 1.54) is 77.5 Å². The third-order valence-electron chi connectivity index (χ3n) is 12.4. The maximum absolute atomic E-state index is 2.34. The Morgan fingerprint density at radius 3 is 1.35 bits per heavy atom. The summed E-state index contributed by atoms with van der Waals surface area (Å²) < 4.78 is 0. The predicted molar refractivity (Wildman–Crippen MR) is 252 cm³/mol. The Kier molecular flexibility index (Phi) is 8.79. The zero-order chi connectivity index (χ0) is 39.9. The van der Waals surface area contributed by atoms with E-state index < -0.39 is 5.41 Å². The van der Waals surface area contributed by atoms with E-state index in [9.17, 15) is 0 Å². The minimum atomic E-state index is -0.431. The van der Waals surface area contributed by atoms with Gasteiger partial charge in [0.05, 0.1) is 5.41 Å². The lowest BCUT2D eigenvalue weighted by Gasteiger charge is -2.34. The van der Waals surface area contributed by atoms with Crippen molar-refractivity contribution in [1.82, 2.24) is 0 Å². The van der Waals surface area contributed by atoms with E-state index in [2.05, 4.69) is 254 Å². The van der Waals surface area contributed by atoms with Gasteiger partial charge in [0.1, 0.15) is 0 Å². The summed E-state index contributed by atoms with van der Waals surface area (Å²) in [6.45, 7) is 0. The second-order valence-electron chi connectivity index (χ2n) is 15.6. The zero-order valence-electron chi connectivity index (χ0n) is 33.1. The van der Waals surface area contributed by atoms with Gasteiger partial charge in [-0.1, -0.05) is 212 Å². The third-order valence-corrected chi connectivity index (χ3v) is 12.4. The van der Waals surface area contributed by atoms with Crippen molar-refractivity contribution in [3.05, 3.63) is 271 Å². The molecule has 0 spiro atoms. The first kappa shape index (κ1) is 35.4. The van der Waals surface area contributed by atoms with Crippen LogP contribution in [-0.4, -0.2) is 0 Å². The molecule has 1 heteroatoms. The van der Waals surface area contributed by atoms with Crippen LogP contribution in [0.5, 0.6) is 0 Å².